The molecule has 0 radical (unpaired) electrons. The molecule has 1 heterocycles. The van der Waals surface area contributed by atoms with E-state index in [0.717, 1.165) is 12.0 Å². The van der Waals surface area contributed by atoms with Crippen molar-refractivity contribution in [2.75, 3.05) is 20.1 Å². The van der Waals surface area contributed by atoms with Crippen molar-refractivity contribution in [2.45, 2.75) is 77.8 Å². The second kappa shape index (κ2) is 8.92. The number of hydrogen-bond donors (Lipinski definition) is 1. The molecule has 2 unspecified atom stereocenters. The molecule has 0 aliphatic carbocycles. The summed E-state index contributed by atoms with van der Waals surface area (Å²) in [5, 5.41) is 3.70. The van der Waals surface area contributed by atoms with Crippen molar-refractivity contribution in [2.24, 2.45) is 5.92 Å². The normalized spacial score (nSPS) is 23.5. The minimum atomic E-state index is 0.692. The molecular weight excluding hydrogens is 220 g/mol. The van der Waals surface area contributed by atoms with Crippen molar-refractivity contribution < 1.29 is 0 Å². The van der Waals surface area contributed by atoms with Crippen LogP contribution in [0.15, 0.2) is 0 Å². The molecule has 2 nitrogen and oxygen atoms in total. The van der Waals surface area contributed by atoms with E-state index in [9.17, 15) is 0 Å². The van der Waals surface area contributed by atoms with Crippen LogP contribution in [0, 0.1) is 5.92 Å². The van der Waals surface area contributed by atoms with Crippen molar-refractivity contribution in [3.8, 4) is 0 Å². The number of likely N-dealkylation sites (tertiary alicyclic amines) is 1. The van der Waals surface area contributed by atoms with Crippen molar-refractivity contribution >= 4 is 0 Å². The Balaban J connectivity index is 2.02. The van der Waals surface area contributed by atoms with Crippen LogP contribution < -0.4 is 5.32 Å². The molecule has 1 rings (SSSR count). The lowest BCUT2D eigenvalue weighted by Crippen LogP contribution is -2.39. The molecule has 1 aliphatic rings. The minimum Gasteiger partial charge on any atom is -0.314 e. The van der Waals surface area contributed by atoms with Gasteiger partial charge in [-0.1, -0.05) is 33.1 Å². The first kappa shape index (κ1) is 16.0. The lowest BCUT2D eigenvalue weighted by atomic mass is 10.00. The third kappa shape index (κ3) is 6.75. The fraction of sp³-hybridized carbons (Fsp3) is 1.00. The summed E-state index contributed by atoms with van der Waals surface area (Å²) in [7, 11) is 2.29. The van der Waals surface area contributed by atoms with E-state index in [1.165, 1.54) is 58.0 Å². The van der Waals surface area contributed by atoms with Crippen molar-refractivity contribution in [3.63, 3.8) is 0 Å². The van der Waals surface area contributed by atoms with Crippen LogP contribution in [0.4, 0.5) is 0 Å². The van der Waals surface area contributed by atoms with E-state index in [-0.39, 0.29) is 0 Å². The van der Waals surface area contributed by atoms with E-state index >= 15 is 0 Å². The molecule has 1 fully saturated rings. The molecule has 1 saturated heterocycles. The van der Waals surface area contributed by atoms with Gasteiger partial charge in [0.1, 0.15) is 0 Å². The van der Waals surface area contributed by atoms with Gasteiger partial charge in [0.15, 0.2) is 0 Å². The first-order chi connectivity index (χ1) is 8.59. The largest absolute Gasteiger partial charge is 0.314 e. The van der Waals surface area contributed by atoms with E-state index in [1.54, 1.807) is 0 Å². The average Bonchev–Trinajstić information content (AvgIpc) is 2.31. The van der Waals surface area contributed by atoms with Gasteiger partial charge < -0.3 is 10.2 Å². The van der Waals surface area contributed by atoms with Crippen LogP contribution in [0.5, 0.6) is 0 Å². The number of nitrogens with zero attached hydrogens (tertiary/aromatic N) is 1. The molecule has 0 spiro atoms. The van der Waals surface area contributed by atoms with Gasteiger partial charge in [-0.3, -0.25) is 0 Å². The van der Waals surface area contributed by atoms with Gasteiger partial charge in [-0.2, -0.15) is 0 Å². The first-order valence-corrected chi connectivity index (χ1v) is 8.03. The summed E-state index contributed by atoms with van der Waals surface area (Å²) >= 11 is 0. The highest BCUT2D eigenvalue weighted by Crippen LogP contribution is 2.17. The van der Waals surface area contributed by atoms with Crippen LogP contribution in [0.1, 0.15) is 65.7 Å². The number of piperidine rings is 1. The minimum absolute atomic E-state index is 0.692. The van der Waals surface area contributed by atoms with Crippen LogP contribution in [-0.4, -0.2) is 37.1 Å². The lowest BCUT2D eigenvalue weighted by molar-refractivity contribution is 0.174. The Bertz CT molecular complexity index is 203. The van der Waals surface area contributed by atoms with Crippen LogP contribution >= 0.6 is 0 Å². The molecular formula is C16H34N2. The van der Waals surface area contributed by atoms with Crippen LogP contribution in [-0.2, 0) is 0 Å². The summed E-state index contributed by atoms with van der Waals surface area (Å²) < 4.78 is 0. The molecule has 0 aromatic carbocycles. The second-order valence-corrected chi connectivity index (χ2v) is 6.60. The molecule has 108 valence electrons. The average molecular weight is 254 g/mol. The lowest BCUT2D eigenvalue weighted by Gasteiger charge is -2.32. The molecule has 1 N–H and O–H groups in total. The zero-order chi connectivity index (χ0) is 13.4. The van der Waals surface area contributed by atoms with E-state index in [4.69, 9.17) is 0 Å². The van der Waals surface area contributed by atoms with E-state index in [0.29, 0.717) is 6.04 Å². The van der Waals surface area contributed by atoms with Gasteiger partial charge in [0.2, 0.25) is 0 Å². The smallest absolute Gasteiger partial charge is 0.0104 e. The predicted octanol–water partition coefficient (Wildman–Crippen LogP) is 3.67. The van der Waals surface area contributed by atoms with Gasteiger partial charge >= 0.3 is 0 Å². The first-order valence-electron chi connectivity index (χ1n) is 8.03. The number of nitrogens with one attached hydrogen (secondary N) is 1. The van der Waals surface area contributed by atoms with Crippen LogP contribution in [0.25, 0.3) is 0 Å². The molecule has 0 bridgehead atoms. The van der Waals surface area contributed by atoms with Crippen LogP contribution in [0.2, 0.25) is 0 Å². The predicted molar refractivity (Wildman–Crippen MR) is 81.0 cm³/mol. The summed E-state index contributed by atoms with van der Waals surface area (Å²) in [6.45, 7) is 9.46. The van der Waals surface area contributed by atoms with Gasteiger partial charge in [0.25, 0.3) is 0 Å². The van der Waals surface area contributed by atoms with Crippen LogP contribution in [0.3, 0.4) is 0 Å². The number of hydrogen-bond acceptors (Lipinski definition) is 2. The molecule has 2 heteroatoms. The van der Waals surface area contributed by atoms with Crippen molar-refractivity contribution in [3.05, 3.63) is 0 Å². The third-order valence-corrected chi connectivity index (χ3v) is 4.31. The second-order valence-electron chi connectivity index (χ2n) is 6.60. The van der Waals surface area contributed by atoms with Gasteiger partial charge in [-0.15, -0.1) is 0 Å². The highest BCUT2D eigenvalue weighted by molar-refractivity contribution is 4.75. The zero-order valence-electron chi connectivity index (χ0n) is 13.0. The summed E-state index contributed by atoms with van der Waals surface area (Å²) in [6, 6.07) is 1.52. The monoisotopic (exact) mass is 254 g/mol. The quantitative estimate of drug-likeness (QED) is 0.711. The highest BCUT2D eigenvalue weighted by atomic mass is 15.1. The fourth-order valence-corrected chi connectivity index (χ4v) is 2.94. The Labute approximate surface area is 115 Å². The van der Waals surface area contributed by atoms with E-state index in [2.05, 4.69) is 38.0 Å². The summed E-state index contributed by atoms with van der Waals surface area (Å²) in [5.41, 5.74) is 0. The molecule has 1 aliphatic heterocycles. The molecule has 0 aromatic heterocycles. The fourth-order valence-electron chi connectivity index (χ4n) is 2.94. The Morgan fingerprint density at radius 3 is 2.61 bits per heavy atom. The molecule has 0 amide bonds. The number of rotatable bonds is 8. The molecule has 18 heavy (non-hydrogen) atoms. The molecule has 0 saturated carbocycles. The van der Waals surface area contributed by atoms with Crippen molar-refractivity contribution in [1.82, 2.24) is 10.2 Å². The van der Waals surface area contributed by atoms with Gasteiger partial charge in [-0.05, 0) is 58.7 Å². The van der Waals surface area contributed by atoms with Crippen molar-refractivity contribution in [1.29, 1.82) is 0 Å². The maximum atomic E-state index is 3.70. The Morgan fingerprint density at radius 1 is 1.17 bits per heavy atom. The SMILES string of the molecule is CC(C)CCCC(C)NCCC1CCCCN1C. The Hall–Kier alpha value is -0.0800. The Morgan fingerprint density at radius 2 is 1.94 bits per heavy atom. The van der Waals surface area contributed by atoms with E-state index in [1.807, 2.05) is 0 Å². The summed E-state index contributed by atoms with van der Waals surface area (Å²) in [4.78, 5) is 2.55. The Kier molecular flexibility index (Phi) is 7.92. The molecule has 0 aromatic rings. The highest BCUT2D eigenvalue weighted by Gasteiger charge is 2.18. The summed E-state index contributed by atoms with van der Waals surface area (Å²) in [6.07, 6.45) is 9.63. The summed E-state index contributed by atoms with van der Waals surface area (Å²) in [5.74, 6) is 0.855. The van der Waals surface area contributed by atoms with E-state index < -0.39 is 0 Å². The van der Waals surface area contributed by atoms with Gasteiger partial charge in [0, 0.05) is 12.1 Å². The topological polar surface area (TPSA) is 15.3 Å². The third-order valence-electron chi connectivity index (χ3n) is 4.31. The maximum absolute atomic E-state index is 3.70. The van der Waals surface area contributed by atoms with Gasteiger partial charge in [0.05, 0.1) is 0 Å². The van der Waals surface area contributed by atoms with Gasteiger partial charge in [-0.25, -0.2) is 0 Å². The molecule has 2 atom stereocenters. The maximum Gasteiger partial charge on any atom is 0.0104 e. The standard InChI is InChI=1S/C16H34N2/c1-14(2)8-7-9-15(3)17-12-11-16-10-5-6-13-18(16)4/h14-17H,5-13H2,1-4H3. The zero-order valence-corrected chi connectivity index (χ0v) is 13.0.